The lowest BCUT2D eigenvalue weighted by atomic mass is 10.1. The van der Waals surface area contributed by atoms with Crippen molar-refractivity contribution in [3.63, 3.8) is 0 Å². The molecule has 6 N–H and O–H groups in total. The van der Waals surface area contributed by atoms with Crippen molar-refractivity contribution in [1.82, 2.24) is 78.5 Å². The summed E-state index contributed by atoms with van der Waals surface area (Å²) in [4.78, 5) is 72.0. The van der Waals surface area contributed by atoms with E-state index in [0.29, 0.717) is 34.7 Å². The Bertz CT molecular complexity index is 4910. The summed E-state index contributed by atoms with van der Waals surface area (Å²) in [6, 6.07) is 25.5. The number of nitrogen functional groups attached to an aromatic ring is 2. The smallest absolute Gasteiger partial charge is 0.267 e. The Hall–Kier alpha value is -11.4. The van der Waals surface area contributed by atoms with Gasteiger partial charge in [-0.3, -0.25) is 37.7 Å². The third-order valence-electron chi connectivity index (χ3n) is 14.3. The SMILES string of the molecule is C#Cc1cnn(C2CC2)c1.C[C@H](NC(=O)c1c(N)nn2cccnc12)c1nc2ccc(F)c(C#Cc3cnn(C4CC4)c3)c2c(=O)n1-c1ccccc1.C[C@H](NC(=O)c1c(N)nn2cccnc12)c1nc2ccc(F)c(Cl)c2c(=O)n1-c1ccccc1. The second kappa shape index (κ2) is 23.4. The lowest BCUT2D eigenvalue weighted by Crippen LogP contribution is -2.33. The Morgan fingerprint density at radius 2 is 1.09 bits per heavy atom. The molecular weight excluding hydrogens is 1130 g/mol. The first-order chi connectivity index (χ1) is 42.1. The molecule has 4 aromatic carbocycles. The van der Waals surface area contributed by atoms with Gasteiger partial charge >= 0.3 is 0 Å². The van der Waals surface area contributed by atoms with Gasteiger partial charge in [0.05, 0.1) is 91.5 Å². The summed E-state index contributed by atoms with van der Waals surface area (Å²) in [7, 11) is 0. The molecular formula is C62H49ClF2N18O4. The van der Waals surface area contributed by atoms with E-state index in [1.807, 2.05) is 27.8 Å². The predicted molar refractivity (Wildman–Crippen MR) is 321 cm³/mol. The third kappa shape index (κ3) is 11.2. The average Bonchev–Trinajstić information content (AvgIpc) is 2.05. The van der Waals surface area contributed by atoms with Crippen molar-refractivity contribution >= 4 is 68.2 Å². The maximum absolute atomic E-state index is 15.3. The van der Waals surface area contributed by atoms with Crippen LogP contribution in [0.5, 0.6) is 0 Å². The number of aromatic nitrogens is 14. The first-order valence-electron chi connectivity index (χ1n) is 27.3. The van der Waals surface area contributed by atoms with E-state index in [9.17, 15) is 23.6 Å². The molecule has 25 heteroatoms. The van der Waals surface area contributed by atoms with Gasteiger partial charge in [0, 0.05) is 37.2 Å². The molecule has 8 heterocycles. The monoisotopic (exact) mass is 1180 g/mol. The highest BCUT2D eigenvalue weighted by molar-refractivity contribution is 6.35. The Morgan fingerprint density at radius 3 is 1.57 bits per heavy atom. The van der Waals surface area contributed by atoms with E-state index in [0.717, 1.165) is 24.5 Å². The molecule has 12 aromatic rings. The standard InChI is InChI=1S/C31H24FN9O2.C23H17ClFN7O2.C8H8N2/c1-18(36-30(42)26-27(33)38-39-15-5-14-34-29(26)39)28-37-24-13-12-23(32)22(11-8-19-16-35-40(17-19)20-9-10-20)25(24)31(43)41(28)21-6-3-2-4-7-21;1-12(28-22(33)17-19(26)30-31-11-5-10-27-21(17)31)20-29-15-9-8-14(25)18(24)16(15)23(34)32(20)13-6-3-2-4-7-13;1-2-7-5-9-10(6-7)8-3-4-8/h2-7,12-18,20H,9-10H2,1H3,(H2,33,38)(H,36,42);2-12H,1H3,(H2,26,30)(H,28,33);1,5-6,8H,3-4H2/t18-;12-;/m00./s1. The van der Waals surface area contributed by atoms with Crippen molar-refractivity contribution < 1.29 is 18.4 Å². The largest absolute Gasteiger partial charge is 0.381 e. The molecule has 2 aliphatic carbocycles. The van der Waals surface area contributed by atoms with Crippen LogP contribution >= 0.6 is 11.6 Å². The highest BCUT2D eigenvalue weighted by Crippen LogP contribution is 2.35. The number of anilines is 2. The fourth-order valence-electron chi connectivity index (χ4n) is 9.79. The number of terminal acetylenes is 1. The van der Waals surface area contributed by atoms with Crippen molar-refractivity contribution in [3.05, 3.63) is 223 Å². The lowest BCUT2D eigenvalue weighted by molar-refractivity contribution is 0.0931. The number of carbonyl (C=O) groups excluding carboxylic acids is 2. The van der Waals surface area contributed by atoms with Crippen LogP contribution in [0, 0.1) is 35.8 Å². The van der Waals surface area contributed by atoms with Crippen LogP contribution < -0.4 is 33.2 Å². The summed E-state index contributed by atoms with van der Waals surface area (Å²) in [5, 5.41) is 22.1. The molecule has 0 saturated heterocycles. The van der Waals surface area contributed by atoms with Gasteiger partial charge in [-0.1, -0.05) is 65.8 Å². The van der Waals surface area contributed by atoms with Gasteiger partial charge < -0.3 is 22.1 Å². The fourth-order valence-corrected chi connectivity index (χ4v) is 10.0. The Kier molecular flexibility index (Phi) is 15.1. The Labute approximate surface area is 497 Å². The fraction of sp³-hybridized carbons (Fsp3) is 0.161. The number of nitrogens with one attached hydrogen (secondary N) is 2. The minimum absolute atomic E-state index is 0.0108. The van der Waals surface area contributed by atoms with Crippen molar-refractivity contribution in [3.8, 4) is 35.6 Å². The average molecular weight is 1180 g/mol. The highest BCUT2D eigenvalue weighted by atomic mass is 35.5. The van der Waals surface area contributed by atoms with Crippen molar-refractivity contribution in [2.24, 2.45) is 0 Å². The van der Waals surface area contributed by atoms with E-state index < -0.39 is 46.7 Å². The Balaban J connectivity index is 0.000000149. The zero-order valence-electron chi connectivity index (χ0n) is 46.3. The molecule has 432 valence electrons. The van der Waals surface area contributed by atoms with E-state index in [-0.39, 0.29) is 72.5 Å². The minimum Gasteiger partial charge on any atom is -0.381 e. The van der Waals surface area contributed by atoms with Gasteiger partial charge in [-0.15, -0.1) is 16.6 Å². The molecule has 2 saturated carbocycles. The van der Waals surface area contributed by atoms with E-state index in [1.165, 1.54) is 61.6 Å². The molecule has 8 aromatic heterocycles. The number of benzene rings is 4. The quantitative estimate of drug-likeness (QED) is 0.0943. The minimum atomic E-state index is -0.782. The number of halogens is 3. The van der Waals surface area contributed by atoms with Crippen LogP contribution in [-0.2, 0) is 0 Å². The number of nitrogens with zero attached hydrogens (tertiary/aromatic N) is 14. The van der Waals surface area contributed by atoms with Gasteiger partial charge in [0.25, 0.3) is 22.9 Å². The maximum atomic E-state index is 15.3. The molecule has 14 rings (SSSR count). The lowest BCUT2D eigenvalue weighted by Gasteiger charge is -2.20. The molecule has 0 aliphatic heterocycles. The van der Waals surface area contributed by atoms with Gasteiger partial charge in [-0.2, -0.15) is 10.2 Å². The summed E-state index contributed by atoms with van der Waals surface area (Å²) in [6.45, 7) is 3.37. The summed E-state index contributed by atoms with van der Waals surface area (Å²) in [5.74, 6) is 6.39. The van der Waals surface area contributed by atoms with Crippen molar-refractivity contribution in [2.75, 3.05) is 11.5 Å². The van der Waals surface area contributed by atoms with Crippen LogP contribution in [0.25, 0.3) is 44.5 Å². The number of hydrogen-bond donors (Lipinski definition) is 4. The first kappa shape index (κ1) is 56.1. The summed E-state index contributed by atoms with van der Waals surface area (Å²) >= 11 is 6.12. The van der Waals surface area contributed by atoms with Gasteiger partial charge in [0.1, 0.15) is 34.4 Å². The van der Waals surface area contributed by atoms with E-state index in [2.05, 4.69) is 63.7 Å². The molecule has 0 unspecified atom stereocenters. The molecule has 0 spiro atoms. The molecule has 2 aliphatic rings. The summed E-state index contributed by atoms with van der Waals surface area (Å²) < 4.78 is 38.7. The number of para-hydroxylation sites is 2. The molecule has 2 fully saturated rings. The van der Waals surface area contributed by atoms with E-state index >= 15 is 4.39 Å². The van der Waals surface area contributed by atoms with Crippen LogP contribution in [0.1, 0.15) is 113 Å². The van der Waals surface area contributed by atoms with Crippen LogP contribution in [0.4, 0.5) is 20.4 Å². The molecule has 0 radical (unpaired) electrons. The van der Waals surface area contributed by atoms with Gasteiger partial charge in [0.2, 0.25) is 0 Å². The van der Waals surface area contributed by atoms with Gasteiger partial charge in [-0.05, 0) is 100 Å². The predicted octanol–water partition coefficient (Wildman–Crippen LogP) is 8.07. The zero-order valence-corrected chi connectivity index (χ0v) is 47.0. The maximum Gasteiger partial charge on any atom is 0.267 e. The second-order valence-electron chi connectivity index (χ2n) is 20.4. The van der Waals surface area contributed by atoms with Crippen LogP contribution in [-0.4, -0.2) is 79.7 Å². The number of rotatable bonds is 10. The van der Waals surface area contributed by atoms with E-state index in [4.69, 9.17) is 34.5 Å². The number of hydrogen-bond acceptors (Lipinski definition) is 14. The number of fused-ring (bicyclic) bond motifs is 4. The number of nitrogens with two attached hydrogens (primary N) is 2. The molecule has 0 bridgehead atoms. The number of carbonyl (C=O) groups is 2. The zero-order chi connectivity index (χ0) is 60.6. The Morgan fingerprint density at radius 1 is 0.632 bits per heavy atom. The molecule has 22 nitrogen and oxygen atoms in total. The second-order valence-corrected chi connectivity index (χ2v) is 20.8. The van der Waals surface area contributed by atoms with Crippen LogP contribution in [0.3, 0.4) is 0 Å². The molecule has 2 amide bonds. The van der Waals surface area contributed by atoms with Crippen molar-refractivity contribution in [1.29, 1.82) is 0 Å². The molecule has 87 heavy (non-hydrogen) atoms. The summed E-state index contributed by atoms with van der Waals surface area (Å²) in [5.41, 5.74) is 14.6. The first-order valence-corrected chi connectivity index (χ1v) is 27.7. The van der Waals surface area contributed by atoms with Gasteiger partial charge in [0.15, 0.2) is 22.9 Å². The summed E-state index contributed by atoms with van der Waals surface area (Å²) in [6.07, 6.45) is 23.3. The topological polar surface area (TPSA) is 276 Å². The van der Waals surface area contributed by atoms with E-state index in [1.54, 1.807) is 105 Å². The highest BCUT2D eigenvalue weighted by Gasteiger charge is 2.29. The normalized spacial score (nSPS) is 13.4. The number of amides is 2. The molecule has 2 atom stereocenters. The van der Waals surface area contributed by atoms with Crippen molar-refractivity contribution in [2.45, 2.75) is 63.7 Å². The van der Waals surface area contributed by atoms with Gasteiger partial charge in [-0.25, -0.2) is 37.7 Å². The van der Waals surface area contributed by atoms with Crippen LogP contribution in [0.15, 0.2) is 156 Å². The third-order valence-corrected chi connectivity index (χ3v) is 14.7. The van der Waals surface area contributed by atoms with Crippen LogP contribution in [0.2, 0.25) is 5.02 Å².